The molecule has 5 aliphatic rings. The molecule has 2 spiro atoms. The molecule has 0 aromatic rings. The number of rotatable bonds is 3. The summed E-state index contributed by atoms with van der Waals surface area (Å²) in [6.07, 6.45) is 8.90. The topological polar surface area (TPSA) is 71.2 Å². The highest BCUT2D eigenvalue weighted by Gasteiger charge is 2.69. The Morgan fingerprint density at radius 2 is 2.00 bits per heavy atom. The number of nitrogens with zero attached hydrogens (tertiary/aromatic N) is 3. The van der Waals surface area contributed by atoms with Gasteiger partial charge in [0, 0.05) is 39.1 Å². The first-order valence-electron chi connectivity index (χ1n) is 11.8. The van der Waals surface area contributed by atoms with Crippen LogP contribution in [0.5, 0.6) is 0 Å². The third kappa shape index (κ3) is 3.09. The second-order valence-electron chi connectivity index (χ2n) is 10.6. The van der Waals surface area contributed by atoms with Crippen molar-refractivity contribution in [3.63, 3.8) is 0 Å². The maximum atomic E-state index is 13.8. The van der Waals surface area contributed by atoms with Gasteiger partial charge in [0.1, 0.15) is 0 Å². The van der Waals surface area contributed by atoms with Crippen LogP contribution >= 0.6 is 0 Å². The van der Waals surface area contributed by atoms with E-state index in [4.69, 9.17) is 15.5 Å². The summed E-state index contributed by atoms with van der Waals surface area (Å²) in [6, 6.07) is 0. The number of hydrogen-bond acceptors (Lipinski definition) is 5. The van der Waals surface area contributed by atoms with E-state index in [0.717, 1.165) is 43.3 Å². The number of methoxy groups -OCH3 is 1. The number of allylic oxidation sites excluding steroid dienone is 1. The van der Waals surface area contributed by atoms with Crippen molar-refractivity contribution < 1.29 is 18.3 Å². The van der Waals surface area contributed by atoms with Crippen molar-refractivity contribution in [3.8, 4) is 0 Å². The van der Waals surface area contributed by atoms with Crippen molar-refractivity contribution in [3.05, 3.63) is 23.3 Å². The first kappa shape index (κ1) is 22.0. The maximum Gasteiger partial charge on any atom is 0.261 e. The monoisotopic (exact) mass is 448 g/mol. The van der Waals surface area contributed by atoms with Gasteiger partial charge in [-0.2, -0.15) is 0 Å². The van der Waals surface area contributed by atoms with Crippen LogP contribution in [0.2, 0.25) is 0 Å². The number of halogens is 2. The third-order valence-electron chi connectivity index (χ3n) is 8.77. The van der Waals surface area contributed by atoms with Crippen LogP contribution in [-0.2, 0) is 9.53 Å². The minimum absolute atomic E-state index is 0.0410. The van der Waals surface area contributed by atoms with Crippen LogP contribution in [0.15, 0.2) is 28.3 Å². The lowest BCUT2D eigenvalue weighted by atomic mass is 9.62. The standard InChI is InChI=1S/C24H34F2N4O2/c1-15-10-16(13-30-9-8-23(25,26)14-30)11-19-18(15)12-22(6-4-17(32-3)5-7-22)24(19)20(31)29(2)21(27)28-24/h10-11,15,17-18H,4-9,12-14H2,1-3H3,(H2,27,28). The smallest absolute Gasteiger partial charge is 0.261 e. The van der Waals surface area contributed by atoms with E-state index in [0.29, 0.717) is 13.1 Å². The summed E-state index contributed by atoms with van der Waals surface area (Å²) in [5.74, 6) is -1.95. The number of alkyl halides is 2. The summed E-state index contributed by atoms with van der Waals surface area (Å²) in [5, 5.41) is 0. The summed E-state index contributed by atoms with van der Waals surface area (Å²) >= 11 is 0. The predicted octanol–water partition coefficient (Wildman–Crippen LogP) is 2.95. The van der Waals surface area contributed by atoms with Crippen LogP contribution in [0, 0.1) is 17.3 Å². The van der Waals surface area contributed by atoms with Crippen molar-refractivity contribution in [2.24, 2.45) is 28.0 Å². The summed E-state index contributed by atoms with van der Waals surface area (Å²) < 4.78 is 33.1. The number of likely N-dealkylation sites (tertiary alicyclic amines) is 1. The second kappa shape index (κ2) is 7.35. The zero-order chi connectivity index (χ0) is 22.9. The average molecular weight is 449 g/mol. The Hall–Kier alpha value is -1.80. The van der Waals surface area contributed by atoms with Gasteiger partial charge in [-0.1, -0.05) is 19.1 Å². The van der Waals surface area contributed by atoms with Crippen molar-refractivity contribution in [1.29, 1.82) is 0 Å². The molecule has 5 rings (SSSR count). The lowest BCUT2D eigenvalue weighted by Gasteiger charge is -2.45. The van der Waals surface area contributed by atoms with Gasteiger partial charge < -0.3 is 10.5 Å². The van der Waals surface area contributed by atoms with Gasteiger partial charge in [-0.05, 0) is 55.1 Å². The molecule has 0 radical (unpaired) electrons. The molecular weight excluding hydrogens is 414 g/mol. The predicted molar refractivity (Wildman–Crippen MR) is 118 cm³/mol. The molecule has 8 heteroatoms. The highest BCUT2D eigenvalue weighted by molar-refractivity contribution is 6.09. The van der Waals surface area contributed by atoms with E-state index < -0.39 is 11.5 Å². The molecule has 3 fully saturated rings. The fourth-order valence-electron chi connectivity index (χ4n) is 7.05. The van der Waals surface area contributed by atoms with Crippen LogP contribution in [0.25, 0.3) is 0 Å². The Morgan fingerprint density at radius 1 is 1.28 bits per heavy atom. The van der Waals surface area contributed by atoms with Gasteiger partial charge in [0.05, 0.1) is 12.6 Å². The Bertz CT molecular complexity index is 906. The molecule has 176 valence electrons. The molecule has 0 aromatic carbocycles. The Kier molecular flexibility index (Phi) is 5.06. The van der Waals surface area contributed by atoms with Crippen molar-refractivity contribution in [2.75, 3.05) is 33.8 Å². The molecule has 2 heterocycles. The van der Waals surface area contributed by atoms with Crippen molar-refractivity contribution in [1.82, 2.24) is 9.80 Å². The zero-order valence-corrected chi connectivity index (χ0v) is 19.2. The lowest BCUT2D eigenvalue weighted by Crippen LogP contribution is -2.53. The number of carbonyl (C=O) groups excluding carboxylic acids is 1. The fourth-order valence-corrected chi connectivity index (χ4v) is 7.05. The zero-order valence-electron chi connectivity index (χ0n) is 19.2. The highest BCUT2D eigenvalue weighted by atomic mass is 19.3. The molecule has 3 unspecified atom stereocenters. The molecule has 1 amide bonds. The van der Waals surface area contributed by atoms with Gasteiger partial charge >= 0.3 is 0 Å². The molecule has 2 aliphatic heterocycles. The number of likely N-dealkylation sites (N-methyl/N-ethyl adjacent to an activating group) is 1. The van der Waals surface area contributed by atoms with E-state index >= 15 is 0 Å². The van der Waals surface area contributed by atoms with Gasteiger partial charge in [0.2, 0.25) is 0 Å². The average Bonchev–Trinajstić information content (AvgIpc) is 3.31. The van der Waals surface area contributed by atoms with Crippen molar-refractivity contribution in [2.45, 2.75) is 63.0 Å². The number of aliphatic imine (C=N–C) groups is 1. The van der Waals surface area contributed by atoms with Gasteiger partial charge in [0.15, 0.2) is 11.5 Å². The molecule has 3 atom stereocenters. The molecule has 2 N–H and O–H groups in total. The molecular formula is C24H34F2N4O2. The summed E-state index contributed by atoms with van der Waals surface area (Å²) in [6.45, 7) is 2.85. The minimum Gasteiger partial charge on any atom is -0.381 e. The van der Waals surface area contributed by atoms with Crippen molar-refractivity contribution >= 4 is 11.9 Å². The molecule has 2 saturated carbocycles. The number of hydrogen-bond donors (Lipinski definition) is 1. The first-order valence-corrected chi connectivity index (χ1v) is 11.8. The highest BCUT2D eigenvalue weighted by Crippen LogP contribution is 2.65. The number of fused-ring (bicyclic) bond motifs is 3. The van der Waals surface area contributed by atoms with Gasteiger partial charge in [-0.3, -0.25) is 14.6 Å². The summed E-state index contributed by atoms with van der Waals surface area (Å²) in [5.41, 5.74) is 7.02. The van der Waals surface area contributed by atoms with Crippen LogP contribution in [0.4, 0.5) is 8.78 Å². The molecule has 1 saturated heterocycles. The quantitative estimate of drug-likeness (QED) is 0.721. The fraction of sp³-hybridized carbons (Fsp3) is 0.750. The second-order valence-corrected chi connectivity index (χ2v) is 10.6. The Labute approximate surface area is 188 Å². The SMILES string of the molecule is COC1CCC2(CC1)CC1C(=CC(CN3CCC(F)(F)C3)=CC1C)C21N=C(N)N(C)C1=O. The minimum atomic E-state index is -2.61. The Morgan fingerprint density at radius 3 is 2.56 bits per heavy atom. The normalized spacial score (nSPS) is 41.3. The molecule has 6 nitrogen and oxygen atoms in total. The summed E-state index contributed by atoms with van der Waals surface area (Å²) in [7, 11) is 3.45. The molecule has 0 bridgehead atoms. The van der Waals surface area contributed by atoms with Crippen LogP contribution in [0.1, 0.15) is 45.4 Å². The number of ether oxygens (including phenoxy) is 1. The van der Waals surface area contributed by atoms with E-state index in [1.165, 1.54) is 4.90 Å². The van der Waals surface area contributed by atoms with E-state index in [-0.39, 0.29) is 48.2 Å². The Balaban J connectivity index is 1.53. The van der Waals surface area contributed by atoms with Gasteiger partial charge in [-0.15, -0.1) is 0 Å². The van der Waals surface area contributed by atoms with Crippen LogP contribution in [0.3, 0.4) is 0 Å². The van der Waals surface area contributed by atoms with E-state index in [9.17, 15) is 13.6 Å². The van der Waals surface area contributed by atoms with E-state index in [2.05, 4.69) is 19.1 Å². The molecule has 32 heavy (non-hydrogen) atoms. The summed E-state index contributed by atoms with van der Waals surface area (Å²) in [4.78, 5) is 22.0. The number of guanidine groups is 1. The largest absolute Gasteiger partial charge is 0.381 e. The van der Waals surface area contributed by atoms with Gasteiger partial charge in [0.25, 0.3) is 11.8 Å². The van der Waals surface area contributed by atoms with Crippen LogP contribution < -0.4 is 5.73 Å². The molecule has 0 aromatic heterocycles. The van der Waals surface area contributed by atoms with E-state index in [1.54, 1.807) is 14.2 Å². The van der Waals surface area contributed by atoms with Gasteiger partial charge in [-0.25, -0.2) is 13.8 Å². The lowest BCUT2D eigenvalue weighted by molar-refractivity contribution is -0.134. The maximum absolute atomic E-state index is 13.8. The van der Waals surface area contributed by atoms with Crippen LogP contribution in [-0.4, -0.2) is 73.0 Å². The third-order valence-corrected chi connectivity index (χ3v) is 8.77. The molecule has 3 aliphatic carbocycles. The van der Waals surface area contributed by atoms with E-state index in [1.807, 2.05) is 4.90 Å². The number of nitrogens with two attached hydrogens (primary N) is 1. The first-order chi connectivity index (χ1) is 15.1. The number of amides is 1. The number of carbonyl (C=O) groups is 1.